The molecule has 7 nitrogen and oxygen atoms in total. The lowest BCUT2D eigenvalue weighted by Gasteiger charge is -2.20. The summed E-state index contributed by atoms with van der Waals surface area (Å²) in [6, 6.07) is 22.2. The van der Waals surface area contributed by atoms with Crippen molar-refractivity contribution in [3.05, 3.63) is 89.5 Å². The van der Waals surface area contributed by atoms with Crippen LogP contribution in [0.3, 0.4) is 0 Å². The number of aliphatic carboxylic acids is 1. The normalized spacial score (nSPS) is 10.9. The molecule has 0 aromatic heterocycles. The molecule has 0 radical (unpaired) electrons. The lowest BCUT2D eigenvalue weighted by molar-refractivity contribution is -0.136. The van der Waals surface area contributed by atoms with Crippen LogP contribution >= 0.6 is 0 Å². The number of ether oxygens (including phenoxy) is 2. The number of amides is 1. The number of carbonyl (C=O) groups is 2. The molecule has 0 aliphatic carbocycles. The minimum Gasteiger partial charge on any atom is -0.489 e. The van der Waals surface area contributed by atoms with E-state index in [0.717, 1.165) is 16.7 Å². The van der Waals surface area contributed by atoms with E-state index in [-0.39, 0.29) is 18.9 Å². The van der Waals surface area contributed by atoms with Gasteiger partial charge >= 0.3 is 12.1 Å². The van der Waals surface area contributed by atoms with Gasteiger partial charge in [0, 0.05) is 11.1 Å². The Morgan fingerprint density at radius 3 is 2.32 bits per heavy atom. The van der Waals surface area contributed by atoms with E-state index in [0.29, 0.717) is 16.9 Å². The van der Waals surface area contributed by atoms with Crippen LogP contribution in [-0.4, -0.2) is 28.6 Å². The van der Waals surface area contributed by atoms with E-state index < -0.39 is 17.7 Å². The Labute approximate surface area is 198 Å². The summed E-state index contributed by atoms with van der Waals surface area (Å²) in [6.07, 6.45) is -0.781. The Hall–Kier alpha value is -4.13. The minimum absolute atomic E-state index is 0.0503. The summed E-state index contributed by atoms with van der Waals surface area (Å²) in [6.45, 7) is 5.56. The van der Waals surface area contributed by atoms with Crippen LogP contribution in [0.2, 0.25) is 0 Å². The summed E-state index contributed by atoms with van der Waals surface area (Å²) >= 11 is 0. The van der Waals surface area contributed by atoms with Crippen LogP contribution in [0, 0.1) is 5.41 Å². The highest BCUT2D eigenvalue weighted by atomic mass is 16.6. The van der Waals surface area contributed by atoms with Gasteiger partial charge < -0.3 is 14.6 Å². The van der Waals surface area contributed by atoms with Gasteiger partial charge in [-0.05, 0) is 55.7 Å². The van der Waals surface area contributed by atoms with E-state index >= 15 is 0 Å². The third kappa shape index (κ3) is 7.20. The van der Waals surface area contributed by atoms with Crippen molar-refractivity contribution in [3.63, 3.8) is 0 Å². The molecule has 3 rings (SSSR count). The van der Waals surface area contributed by atoms with Gasteiger partial charge in [-0.15, -0.1) is 0 Å². The zero-order chi connectivity index (χ0) is 24.7. The Morgan fingerprint density at radius 1 is 0.941 bits per heavy atom. The smallest absolute Gasteiger partial charge is 0.413 e. The third-order valence-electron chi connectivity index (χ3n) is 4.75. The molecule has 0 aliphatic heterocycles. The molecule has 0 saturated heterocycles. The molecule has 34 heavy (non-hydrogen) atoms. The van der Waals surface area contributed by atoms with Crippen molar-refractivity contribution in [1.29, 1.82) is 5.41 Å². The van der Waals surface area contributed by atoms with Gasteiger partial charge in [0.15, 0.2) is 0 Å². The largest absolute Gasteiger partial charge is 0.489 e. The van der Waals surface area contributed by atoms with Gasteiger partial charge in [-0.1, -0.05) is 54.6 Å². The molecule has 0 aliphatic rings. The molecule has 0 atom stereocenters. The van der Waals surface area contributed by atoms with Crippen molar-refractivity contribution in [2.75, 3.05) is 0 Å². The molecule has 1 amide bonds. The maximum Gasteiger partial charge on any atom is 0.413 e. The molecule has 3 aromatic carbocycles. The molecule has 0 bridgehead atoms. The molecule has 0 unspecified atom stereocenters. The molecular formula is C27H28N2O5. The number of rotatable bonds is 7. The second-order valence-electron chi connectivity index (χ2n) is 8.75. The van der Waals surface area contributed by atoms with Crippen LogP contribution in [0.5, 0.6) is 5.75 Å². The van der Waals surface area contributed by atoms with E-state index in [1.807, 2.05) is 48.5 Å². The van der Waals surface area contributed by atoms with Gasteiger partial charge in [0.1, 0.15) is 23.8 Å². The van der Waals surface area contributed by atoms with E-state index in [9.17, 15) is 9.59 Å². The highest BCUT2D eigenvalue weighted by Crippen LogP contribution is 2.24. The van der Waals surface area contributed by atoms with Crippen molar-refractivity contribution in [2.45, 2.75) is 39.4 Å². The monoisotopic (exact) mass is 460 g/mol. The molecule has 3 aromatic rings. The summed E-state index contributed by atoms with van der Waals surface area (Å²) < 4.78 is 11.1. The Morgan fingerprint density at radius 2 is 1.62 bits per heavy atom. The average molecular weight is 461 g/mol. The fourth-order valence-electron chi connectivity index (χ4n) is 3.29. The fraction of sp³-hybridized carbons (Fsp3) is 0.222. The number of hydrogen-bond acceptors (Lipinski definition) is 5. The molecule has 7 heteroatoms. The zero-order valence-corrected chi connectivity index (χ0v) is 19.4. The van der Waals surface area contributed by atoms with Gasteiger partial charge in [-0.2, -0.15) is 0 Å². The maximum atomic E-state index is 12.0. The van der Waals surface area contributed by atoms with Gasteiger partial charge in [0.2, 0.25) is 0 Å². The van der Waals surface area contributed by atoms with Crippen molar-refractivity contribution in [3.8, 4) is 16.9 Å². The van der Waals surface area contributed by atoms with E-state index in [1.165, 1.54) is 0 Å². The Balaban J connectivity index is 1.72. The van der Waals surface area contributed by atoms with E-state index in [1.54, 1.807) is 45.0 Å². The number of amidine groups is 1. The van der Waals surface area contributed by atoms with Gasteiger partial charge in [0.05, 0.1) is 6.42 Å². The number of nitrogens with one attached hydrogen (secondary N) is 2. The zero-order valence-electron chi connectivity index (χ0n) is 19.4. The summed E-state index contributed by atoms with van der Waals surface area (Å²) in [7, 11) is 0. The molecule has 0 spiro atoms. The van der Waals surface area contributed by atoms with Gasteiger partial charge in [-0.25, -0.2) is 4.79 Å². The first-order chi connectivity index (χ1) is 16.1. The minimum atomic E-state index is -0.912. The number of benzene rings is 3. The summed E-state index contributed by atoms with van der Waals surface area (Å²) in [5.74, 6) is -0.422. The lowest BCUT2D eigenvalue weighted by atomic mass is 10.0. The fourth-order valence-corrected chi connectivity index (χ4v) is 3.29. The topological polar surface area (TPSA) is 109 Å². The second kappa shape index (κ2) is 10.7. The number of hydrogen-bond donors (Lipinski definition) is 3. The predicted molar refractivity (Wildman–Crippen MR) is 130 cm³/mol. The third-order valence-corrected chi connectivity index (χ3v) is 4.75. The summed E-state index contributed by atoms with van der Waals surface area (Å²) in [4.78, 5) is 23.1. The first-order valence-electron chi connectivity index (χ1n) is 10.8. The van der Waals surface area contributed by atoms with Crippen molar-refractivity contribution in [1.82, 2.24) is 5.32 Å². The molecule has 3 N–H and O–H groups in total. The quantitative estimate of drug-likeness (QED) is 0.323. The van der Waals surface area contributed by atoms with Crippen molar-refractivity contribution in [2.24, 2.45) is 0 Å². The van der Waals surface area contributed by atoms with E-state index in [4.69, 9.17) is 20.0 Å². The van der Waals surface area contributed by atoms with Crippen LogP contribution < -0.4 is 10.1 Å². The predicted octanol–water partition coefficient (Wildman–Crippen LogP) is 5.41. The molecule has 176 valence electrons. The number of carbonyl (C=O) groups excluding carboxylic acids is 1. The van der Waals surface area contributed by atoms with Gasteiger partial charge in [-0.3, -0.25) is 15.5 Å². The van der Waals surface area contributed by atoms with E-state index in [2.05, 4.69) is 5.32 Å². The molecular weight excluding hydrogens is 432 g/mol. The first-order valence-corrected chi connectivity index (χ1v) is 10.8. The van der Waals surface area contributed by atoms with Crippen molar-refractivity contribution < 1.29 is 24.2 Å². The van der Waals surface area contributed by atoms with Crippen molar-refractivity contribution >= 4 is 17.9 Å². The highest BCUT2D eigenvalue weighted by Gasteiger charge is 2.17. The van der Waals surface area contributed by atoms with Crippen LogP contribution in [0.1, 0.15) is 37.5 Å². The number of para-hydroxylation sites is 1. The first kappa shape index (κ1) is 24.5. The second-order valence-corrected chi connectivity index (χ2v) is 8.75. The van der Waals surface area contributed by atoms with Crippen LogP contribution in [0.4, 0.5) is 4.79 Å². The number of alkyl carbamates (subject to hydrolysis) is 1. The number of carboxylic acids is 1. The molecule has 0 heterocycles. The van der Waals surface area contributed by atoms with Crippen LogP contribution in [0.25, 0.3) is 11.1 Å². The SMILES string of the molecule is CC(C)(C)OC(=O)NC(=N)c1cccc(-c2cccc(COc3ccccc3CC(=O)O)c2)c1. The Bertz CT molecular complexity index is 1200. The average Bonchev–Trinajstić information content (AvgIpc) is 2.77. The number of carboxylic acid groups (broad SMARTS) is 1. The van der Waals surface area contributed by atoms with Crippen LogP contribution in [0.15, 0.2) is 72.8 Å². The molecule has 0 saturated carbocycles. The summed E-state index contributed by atoms with van der Waals surface area (Å²) in [5, 5.41) is 19.8. The summed E-state index contributed by atoms with van der Waals surface area (Å²) in [5.41, 5.74) is 3.23. The standard InChI is InChI=1S/C27H28N2O5/c1-27(2,3)34-26(32)29-25(28)22-12-7-11-20(15-22)19-10-6-8-18(14-19)17-33-23-13-5-4-9-21(23)16-24(30)31/h4-15H,16-17H2,1-3H3,(H,30,31)(H2,28,29,32). The highest BCUT2D eigenvalue weighted by molar-refractivity contribution is 6.05. The van der Waals surface area contributed by atoms with Crippen LogP contribution in [-0.2, 0) is 22.6 Å². The van der Waals surface area contributed by atoms with Gasteiger partial charge in [0.25, 0.3) is 0 Å². The lowest BCUT2D eigenvalue weighted by Crippen LogP contribution is -2.36. The maximum absolute atomic E-state index is 12.0. The molecule has 0 fully saturated rings. The Kier molecular flexibility index (Phi) is 7.68.